The standard InChI is InChI=1S/C11H11ClFN3/c12-8-5-10-11(6-9(8)13)16(15-14-10)7-3-1-2-4-7/h5-7H,1-4H2. The summed E-state index contributed by atoms with van der Waals surface area (Å²) in [5.74, 6) is -0.407. The normalized spacial score (nSPS) is 17.4. The Kier molecular flexibility index (Phi) is 2.32. The van der Waals surface area contributed by atoms with E-state index in [9.17, 15) is 4.39 Å². The average molecular weight is 240 g/mol. The van der Waals surface area contributed by atoms with Crippen LogP contribution in [0.4, 0.5) is 4.39 Å². The summed E-state index contributed by atoms with van der Waals surface area (Å²) in [6, 6.07) is 3.33. The fourth-order valence-corrected chi connectivity index (χ4v) is 2.51. The van der Waals surface area contributed by atoms with E-state index in [4.69, 9.17) is 11.6 Å². The highest BCUT2D eigenvalue weighted by Crippen LogP contribution is 2.32. The van der Waals surface area contributed by atoms with Gasteiger partial charge >= 0.3 is 0 Å². The quantitative estimate of drug-likeness (QED) is 0.764. The van der Waals surface area contributed by atoms with Crippen molar-refractivity contribution in [1.82, 2.24) is 15.0 Å². The number of benzene rings is 1. The zero-order chi connectivity index (χ0) is 11.1. The van der Waals surface area contributed by atoms with Crippen LogP contribution in [0, 0.1) is 5.82 Å². The van der Waals surface area contributed by atoms with Crippen molar-refractivity contribution < 1.29 is 4.39 Å². The molecule has 3 rings (SSSR count). The van der Waals surface area contributed by atoms with Gasteiger partial charge in [0.05, 0.1) is 16.6 Å². The van der Waals surface area contributed by atoms with Crippen molar-refractivity contribution in [3.63, 3.8) is 0 Å². The van der Waals surface area contributed by atoms with E-state index in [0.717, 1.165) is 18.4 Å². The van der Waals surface area contributed by atoms with Crippen LogP contribution < -0.4 is 0 Å². The fourth-order valence-electron chi connectivity index (χ4n) is 2.35. The van der Waals surface area contributed by atoms with Crippen LogP contribution in [0.1, 0.15) is 31.7 Å². The van der Waals surface area contributed by atoms with Crippen LogP contribution in [-0.4, -0.2) is 15.0 Å². The summed E-state index contributed by atoms with van der Waals surface area (Å²) in [5, 5.41) is 8.23. The number of halogens is 2. The van der Waals surface area contributed by atoms with Gasteiger partial charge in [0.15, 0.2) is 0 Å². The Morgan fingerprint density at radius 1 is 1.31 bits per heavy atom. The fraction of sp³-hybridized carbons (Fsp3) is 0.455. The van der Waals surface area contributed by atoms with Gasteiger partial charge in [-0.15, -0.1) is 5.10 Å². The number of aromatic nitrogens is 3. The lowest BCUT2D eigenvalue weighted by Crippen LogP contribution is -2.06. The van der Waals surface area contributed by atoms with Crippen molar-refractivity contribution >= 4 is 22.6 Å². The highest BCUT2D eigenvalue weighted by molar-refractivity contribution is 6.31. The van der Waals surface area contributed by atoms with E-state index < -0.39 is 5.82 Å². The molecule has 1 aliphatic carbocycles. The zero-order valence-electron chi connectivity index (χ0n) is 8.66. The van der Waals surface area contributed by atoms with Crippen LogP contribution >= 0.6 is 11.6 Å². The molecule has 3 nitrogen and oxygen atoms in total. The molecule has 0 N–H and O–H groups in total. The molecule has 0 aliphatic heterocycles. The first-order chi connectivity index (χ1) is 7.75. The Labute approximate surface area is 97.2 Å². The predicted octanol–water partition coefficient (Wildman–Crippen LogP) is 3.34. The molecule has 1 aromatic heterocycles. The molecule has 5 heteroatoms. The van der Waals surface area contributed by atoms with E-state index in [1.807, 2.05) is 4.68 Å². The van der Waals surface area contributed by atoms with Crippen molar-refractivity contribution in [3.05, 3.63) is 23.0 Å². The van der Waals surface area contributed by atoms with Gasteiger partial charge in [-0.05, 0) is 18.9 Å². The molecule has 0 bridgehead atoms. The molecule has 2 aromatic rings. The second kappa shape index (κ2) is 3.70. The van der Waals surface area contributed by atoms with Crippen LogP contribution in [0.5, 0.6) is 0 Å². The summed E-state index contributed by atoms with van der Waals surface area (Å²) in [5.41, 5.74) is 1.41. The first-order valence-electron chi connectivity index (χ1n) is 5.45. The number of nitrogens with zero attached hydrogens (tertiary/aromatic N) is 3. The van der Waals surface area contributed by atoms with Gasteiger partial charge in [-0.3, -0.25) is 0 Å². The highest BCUT2D eigenvalue weighted by atomic mass is 35.5. The minimum Gasteiger partial charge on any atom is -0.241 e. The van der Waals surface area contributed by atoms with E-state index in [2.05, 4.69) is 10.3 Å². The number of fused-ring (bicyclic) bond motifs is 1. The molecule has 0 atom stereocenters. The maximum atomic E-state index is 13.4. The monoisotopic (exact) mass is 239 g/mol. The van der Waals surface area contributed by atoms with Gasteiger partial charge in [0.1, 0.15) is 11.3 Å². The molecule has 1 heterocycles. The molecule has 1 aliphatic rings. The minimum absolute atomic E-state index is 0.103. The van der Waals surface area contributed by atoms with Crippen molar-refractivity contribution in [3.8, 4) is 0 Å². The Balaban J connectivity index is 2.15. The first-order valence-corrected chi connectivity index (χ1v) is 5.83. The Morgan fingerprint density at radius 2 is 2.06 bits per heavy atom. The van der Waals surface area contributed by atoms with Crippen molar-refractivity contribution in [2.24, 2.45) is 0 Å². The van der Waals surface area contributed by atoms with E-state index in [1.165, 1.54) is 25.0 Å². The van der Waals surface area contributed by atoms with Crippen LogP contribution in [-0.2, 0) is 0 Å². The SMILES string of the molecule is Fc1cc2c(cc1Cl)nnn2C1CCCC1. The molecule has 1 aromatic carbocycles. The number of hydrogen-bond acceptors (Lipinski definition) is 2. The maximum absolute atomic E-state index is 13.4. The molecule has 84 valence electrons. The number of rotatable bonds is 1. The Hall–Kier alpha value is -1.16. The summed E-state index contributed by atoms with van der Waals surface area (Å²) in [4.78, 5) is 0. The van der Waals surface area contributed by atoms with Gasteiger partial charge in [-0.2, -0.15) is 0 Å². The Bertz CT molecular complexity index is 531. The summed E-state index contributed by atoms with van der Waals surface area (Å²) in [6.07, 6.45) is 4.62. The second-order valence-electron chi connectivity index (χ2n) is 4.23. The largest absolute Gasteiger partial charge is 0.241 e. The van der Waals surface area contributed by atoms with Gasteiger partial charge in [0, 0.05) is 6.07 Å². The lowest BCUT2D eigenvalue weighted by Gasteiger charge is -2.09. The van der Waals surface area contributed by atoms with Gasteiger partial charge in [-0.25, -0.2) is 9.07 Å². The third-order valence-corrected chi connectivity index (χ3v) is 3.47. The van der Waals surface area contributed by atoms with Crippen LogP contribution in [0.25, 0.3) is 11.0 Å². The lowest BCUT2D eigenvalue weighted by molar-refractivity contribution is 0.466. The molecular weight excluding hydrogens is 229 g/mol. The zero-order valence-corrected chi connectivity index (χ0v) is 9.41. The molecule has 16 heavy (non-hydrogen) atoms. The predicted molar refractivity (Wildman–Crippen MR) is 60.0 cm³/mol. The van der Waals surface area contributed by atoms with Crippen molar-refractivity contribution in [1.29, 1.82) is 0 Å². The van der Waals surface area contributed by atoms with Crippen LogP contribution in [0.2, 0.25) is 5.02 Å². The van der Waals surface area contributed by atoms with Crippen molar-refractivity contribution in [2.75, 3.05) is 0 Å². The number of hydrogen-bond donors (Lipinski definition) is 0. The molecular formula is C11H11ClFN3. The lowest BCUT2D eigenvalue weighted by atomic mass is 10.2. The summed E-state index contributed by atoms with van der Waals surface area (Å²) < 4.78 is 15.2. The van der Waals surface area contributed by atoms with Gasteiger partial charge in [0.2, 0.25) is 0 Å². The van der Waals surface area contributed by atoms with E-state index in [1.54, 1.807) is 0 Å². The Morgan fingerprint density at radius 3 is 2.81 bits per heavy atom. The van der Waals surface area contributed by atoms with Crippen LogP contribution in [0.15, 0.2) is 12.1 Å². The smallest absolute Gasteiger partial charge is 0.144 e. The molecule has 1 saturated carbocycles. The molecule has 0 spiro atoms. The van der Waals surface area contributed by atoms with Crippen molar-refractivity contribution in [2.45, 2.75) is 31.7 Å². The maximum Gasteiger partial charge on any atom is 0.144 e. The third kappa shape index (κ3) is 1.48. The summed E-state index contributed by atoms with van der Waals surface area (Å²) >= 11 is 5.70. The first kappa shape index (κ1) is 10.0. The molecule has 0 saturated heterocycles. The van der Waals surface area contributed by atoms with E-state index >= 15 is 0 Å². The van der Waals surface area contributed by atoms with Gasteiger partial charge in [0.25, 0.3) is 0 Å². The van der Waals surface area contributed by atoms with Gasteiger partial charge < -0.3 is 0 Å². The van der Waals surface area contributed by atoms with E-state index in [-0.39, 0.29) is 5.02 Å². The molecule has 0 amide bonds. The molecule has 0 radical (unpaired) electrons. The average Bonchev–Trinajstić information content (AvgIpc) is 2.87. The molecule has 0 unspecified atom stereocenters. The molecule has 1 fully saturated rings. The summed E-state index contributed by atoms with van der Waals surface area (Å²) in [7, 11) is 0. The van der Waals surface area contributed by atoms with Crippen LogP contribution in [0.3, 0.4) is 0 Å². The second-order valence-corrected chi connectivity index (χ2v) is 4.63. The summed E-state index contributed by atoms with van der Waals surface area (Å²) in [6.45, 7) is 0. The van der Waals surface area contributed by atoms with Gasteiger partial charge in [-0.1, -0.05) is 29.7 Å². The topological polar surface area (TPSA) is 30.7 Å². The highest BCUT2D eigenvalue weighted by Gasteiger charge is 2.20. The van der Waals surface area contributed by atoms with E-state index in [0.29, 0.717) is 11.6 Å². The third-order valence-electron chi connectivity index (χ3n) is 3.18. The minimum atomic E-state index is -0.407.